The molecule has 4 rings (SSSR count). The van der Waals surface area contributed by atoms with Crippen molar-refractivity contribution in [1.82, 2.24) is 19.0 Å². The van der Waals surface area contributed by atoms with Crippen molar-refractivity contribution in [2.75, 3.05) is 79.2 Å². The molecule has 0 saturated carbocycles. The molecule has 0 spiro atoms. The number of benzene rings is 1. The summed E-state index contributed by atoms with van der Waals surface area (Å²) in [7, 11) is -2.58. The molecule has 9 nitrogen and oxygen atoms in total. The lowest BCUT2D eigenvalue weighted by Gasteiger charge is -2.38. The maximum Gasteiger partial charge on any atom is 0.251 e. The molecular formula is C29H46F2N4O5S. The normalized spacial score (nSPS) is 23.0. The molecule has 0 aliphatic carbocycles. The minimum atomic E-state index is -4.08. The van der Waals surface area contributed by atoms with Crippen molar-refractivity contribution in [2.45, 2.75) is 69.2 Å². The summed E-state index contributed by atoms with van der Waals surface area (Å²) in [6, 6.07) is 2.17. The van der Waals surface area contributed by atoms with Crippen LogP contribution < -0.4 is 4.74 Å². The molecular weight excluding hydrogens is 554 g/mol. The van der Waals surface area contributed by atoms with Crippen molar-refractivity contribution in [2.24, 2.45) is 0 Å². The number of rotatable bonds is 11. The number of halogens is 2. The molecule has 3 saturated heterocycles. The number of aryl methyl sites for hydroxylation is 2. The summed E-state index contributed by atoms with van der Waals surface area (Å²) in [5.41, 5.74) is 0.973. The average Bonchev–Trinajstić information content (AvgIpc) is 3.31. The Morgan fingerprint density at radius 2 is 1.59 bits per heavy atom. The number of sulfonamides is 1. The van der Waals surface area contributed by atoms with Gasteiger partial charge in [0.1, 0.15) is 12.4 Å². The van der Waals surface area contributed by atoms with Crippen LogP contribution in [-0.4, -0.2) is 125 Å². The van der Waals surface area contributed by atoms with Crippen LogP contribution in [0.5, 0.6) is 5.75 Å². The molecule has 1 aromatic carbocycles. The highest BCUT2D eigenvalue weighted by molar-refractivity contribution is 7.89. The number of amides is 1. The molecule has 1 atom stereocenters. The molecule has 3 aliphatic rings. The van der Waals surface area contributed by atoms with Gasteiger partial charge >= 0.3 is 0 Å². The number of piperidine rings is 1. The van der Waals surface area contributed by atoms with Crippen LogP contribution in [-0.2, 0) is 19.6 Å². The van der Waals surface area contributed by atoms with Crippen molar-refractivity contribution in [1.29, 1.82) is 0 Å². The van der Waals surface area contributed by atoms with Gasteiger partial charge in [-0.25, -0.2) is 17.2 Å². The van der Waals surface area contributed by atoms with Crippen LogP contribution in [0.15, 0.2) is 17.0 Å². The van der Waals surface area contributed by atoms with E-state index in [-0.39, 0.29) is 30.6 Å². The Morgan fingerprint density at radius 1 is 0.951 bits per heavy atom. The molecule has 3 aliphatic heterocycles. The lowest BCUT2D eigenvalue weighted by Crippen LogP contribution is -2.52. The van der Waals surface area contributed by atoms with Crippen LogP contribution in [0.25, 0.3) is 0 Å². The number of alkyl halides is 2. The Kier molecular flexibility index (Phi) is 11.0. The SMILES string of the molecule is COc1cc(C)c(S(=O)(=O)N2CCC(F)(F)C[C@H]2COCC(=O)N2CCCN(CCCN3CCCC3)CC2)c(C)c1. The summed E-state index contributed by atoms with van der Waals surface area (Å²) >= 11 is 0. The molecule has 3 heterocycles. The van der Waals surface area contributed by atoms with Gasteiger partial charge in [-0.3, -0.25) is 4.79 Å². The number of carbonyl (C=O) groups excluding carboxylic acids is 1. The van der Waals surface area contributed by atoms with E-state index in [1.165, 1.54) is 33.0 Å². The fourth-order valence-corrected chi connectivity index (χ4v) is 8.38. The zero-order valence-corrected chi connectivity index (χ0v) is 25.6. The largest absolute Gasteiger partial charge is 0.497 e. The number of nitrogens with zero attached hydrogens (tertiary/aromatic N) is 4. The monoisotopic (exact) mass is 600 g/mol. The van der Waals surface area contributed by atoms with Crippen LogP contribution >= 0.6 is 0 Å². The van der Waals surface area contributed by atoms with Crippen molar-refractivity contribution in [3.63, 3.8) is 0 Å². The molecule has 0 aromatic heterocycles. The zero-order chi connectivity index (χ0) is 29.6. The van der Waals surface area contributed by atoms with Crippen LogP contribution in [0.3, 0.4) is 0 Å². The first-order valence-electron chi connectivity index (χ1n) is 14.9. The van der Waals surface area contributed by atoms with E-state index in [9.17, 15) is 22.0 Å². The summed E-state index contributed by atoms with van der Waals surface area (Å²) in [5, 5.41) is 0. The van der Waals surface area contributed by atoms with E-state index >= 15 is 0 Å². The van der Waals surface area contributed by atoms with Crippen molar-refractivity contribution < 1.29 is 31.5 Å². The molecule has 0 radical (unpaired) electrons. The van der Waals surface area contributed by atoms with Crippen molar-refractivity contribution in [3.8, 4) is 5.75 Å². The van der Waals surface area contributed by atoms with Gasteiger partial charge in [0.2, 0.25) is 15.9 Å². The Labute approximate surface area is 243 Å². The third-order valence-corrected chi connectivity index (χ3v) is 10.8. The highest BCUT2D eigenvalue weighted by Crippen LogP contribution is 2.37. The number of carbonyl (C=O) groups is 1. The first-order valence-corrected chi connectivity index (χ1v) is 16.3. The van der Waals surface area contributed by atoms with E-state index in [4.69, 9.17) is 9.47 Å². The molecule has 0 bridgehead atoms. The van der Waals surface area contributed by atoms with Gasteiger partial charge in [0.15, 0.2) is 0 Å². The second kappa shape index (κ2) is 14.1. The predicted molar refractivity (Wildman–Crippen MR) is 153 cm³/mol. The van der Waals surface area contributed by atoms with Gasteiger partial charge in [-0.1, -0.05) is 0 Å². The zero-order valence-electron chi connectivity index (χ0n) is 24.7. The second-order valence-electron chi connectivity index (χ2n) is 11.7. The van der Waals surface area contributed by atoms with E-state index in [0.29, 0.717) is 30.0 Å². The average molecular weight is 601 g/mol. The highest BCUT2D eigenvalue weighted by Gasteiger charge is 2.45. The van der Waals surface area contributed by atoms with Crippen LogP contribution in [0.4, 0.5) is 8.78 Å². The standard InChI is InChI=1S/C29H46F2N4O5S/c1-23-18-26(39-3)19-24(2)28(23)41(37,38)35-15-8-29(30,31)20-25(35)21-40-22-27(36)34-14-7-13-33(16-17-34)12-6-11-32-9-4-5-10-32/h18-19,25H,4-17,20-22H2,1-3H3/t25-/m0/s1. The fourth-order valence-electron chi connectivity index (χ4n) is 6.36. The Balaban J connectivity index is 1.31. The molecule has 232 valence electrons. The minimum absolute atomic E-state index is 0.0964. The van der Waals surface area contributed by atoms with E-state index in [1.807, 2.05) is 0 Å². The van der Waals surface area contributed by atoms with Gasteiger partial charge < -0.3 is 24.2 Å². The maximum atomic E-state index is 14.4. The smallest absolute Gasteiger partial charge is 0.251 e. The Hall–Kier alpha value is -1.86. The first kappa shape index (κ1) is 32.1. The van der Waals surface area contributed by atoms with Gasteiger partial charge in [-0.2, -0.15) is 4.31 Å². The molecule has 0 unspecified atom stereocenters. The van der Waals surface area contributed by atoms with E-state index in [2.05, 4.69) is 9.80 Å². The second-order valence-corrected chi connectivity index (χ2v) is 13.5. The quantitative estimate of drug-likeness (QED) is 0.386. The van der Waals surface area contributed by atoms with Gasteiger partial charge in [-0.15, -0.1) is 0 Å². The molecule has 3 fully saturated rings. The summed E-state index contributed by atoms with van der Waals surface area (Å²) in [6.07, 6.45) is 3.38. The van der Waals surface area contributed by atoms with Gasteiger partial charge in [0, 0.05) is 39.0 Å². The Morgan fingerprint density at radius 3 is 2.24 bits per heavy atom. The minimum Gasteiger partial charge on any atom is -0.497 e. The van der Waals surface area contributed by atoms with Gasteiger partial charge in [0.05, 0.1) is 24.7 Å². The fraction of sp³-hybridized carbons (Fsp3) is 0.759. The maximum absolute atomic E-state index is 14.4. The van der Waals surface area contributed by atoms with Crippen LogP contribution in [0.2, 0.25) is 0 Å². The number of hydrogen-bond donors (Lipinski definition) is 0. The third kappa shape index (κ3) is 8.37. The number of methoxy groups -OCH3 is 1. The van der Waals surface area contributed by atoms with Crippen molar-refractivity contribution >= 4 is 15.9 Å². The topological polar surface area (TPSA) is 82.6 Å². The molecule has 12 heteroatoms. The van der Waals surface area contributed by atoms with Crippen LogP contribution in [0, 0.1) is 13.8 Å². The van der Waals surface area contributed by atoms with E-state index in [0.717, 1.165) is 43.3 Å². The third-order valence-electron chi connectivity index (χ3n) is 8.50. The highest BCUT2D eigenvalue weighted by atomic mass is 32.2. The summed E-state index contributed by atoms with van der Waals surface area (Å²) in [6.45, 7) is 10.00. The number of hydrogen-bond acceptors (Lipinski definition) is 7. The van der Waals surface area contributed by atoms with Crippen LogP contribution in [0.1, 0.15) is 49.7 Å². The molecule has 1 aromatic rings. The van der Waals surface area contributed by atoms with Gasteiger partial charge in [-0.05, 0) is 95.5 Å². The molecule has 0 N–H and O–H groups in total. The lowest BCUT2D eigenvalue weighted by atomic mass is 10.0. The molecule has 1 amide bonds. The van der Waals surface area contributed by atoms with Crippen molar-refractivity contribution in [3.05, 3.63) is 23.3 Å². The van der Waals surface area contributed by atoms with E-state index < -0.39 is 34.8 Å². The van der Waals surface area contributed by atoms with Gasteiger partial charge in [0.25, 0.3) is 5.92 Å². The van der Waals surface area contributed by atoms with E-state index in [1.54, 1.807) is 30.9 Å². The predicted octanol–water partition coefficient (Wildman–Crippen LogP) is 3.14. The summed E-state index contributed by atoms with van der Waals surface area (Å²) in [4.78, 5) is 19.7. The number of likely N-dealkylation sites (tertiary alicyclic amines) is 1. The number of ether oxygens (including phenoxy) is 2. The summed E-state index contributed by atoms with van der Waals surface area (Å²) in [5.74, 6) is -2.67. The Bertz CT molecular complexity index is 1120. The first-order chi connectivity index (χ1) is 19.5. The molecule has 41 heavy (non-hydrogen) atoms. The lowest BCUT2D eigenvalue weighted by molar-refractivity contribution is -0.137. The summed E-state index contributed by atoms with van der Waals surface area (Å²) < 4.78 is 68.3.